The summed E-state index contributed by atoms with van der Waals surface area (Å²) < 4.78 is 6.09. The number of rotatable bonds is 16. The van der Waals surface area contributed by atoms with Crippen molar-refractivity contribution in [1.29, 1.82) is 0 Å². The van der Waals surface area contributed by atoms with E-state index in [2.05, 4.69) is 109 Å². The second-order valence-electron chi connectivity index (χ2n) is 14.3. The lowest BCUT2D eigenvalue weighted by Crippen LogP contribution is -2.46. The van der Waals surface area contributed by atoms with Crippen molar-refractivity contribution in [1.82, 2.24) is 4.90 Å². The highest BCUT2D eigenvalue weighted by Crippen LogP contribution is 2.33. The van der Waals surface area contributed by atoms with Gasteiger partial charge < -0.3 is 19.9 Å². The second kappa shape index (κ2) is 17.6. The number of anilines is 3. The molecule has 0 saturated carbocycles. The number of benzene rings is 4. The van der Waals surface area contributed by atoms with Gasteiger partial charge in [-0.3, -0.25) is 9.69 Å². The van der Waals surface area contributed by atoms with E-state index in [-0.39, 0.29) is 12.0 Å². The average Bonchev–Trinajstić information content (AvgIpc) is 3.56. The molecule has 1 fully saturated rings. The normalized spacial score (nSPS) is 14.6. The zero-order chi connectivity index (χ0) is 34.7. The van der Waals surface area contributed by atoms with Gasteiger partial charge in [-0.05, 0) is 91.8 Å². The monoisotopic (exact) mass is 672 g/mol. The Hall–Kier alpha value is -4.29. The molecule has 0 bridgehead atoms. The molecule has 2 aliphatic heterocycles. The molecule has 50 heavy (non-hydrogen) atoms. The number of fused-ring (bicyclic) bond motifs is 1. The summed E-state index contributed by atoms with van der Waals surface area (Å²) in [5.41, 5.74) is 9.12. The van der Waals surface area contributed by atoms with Crippen LogP contribution in [0.4, 0.5) is 17.1 Å². The number of hydrogen-bond donors (Lipinski definition) is 1. The molecule has 2 aliphatic rings. The van der Waals surface area contributed by atoms with E-state index >= 15 is 0 Å². The number of para-hydroxylation sites is 2. The van der Waals surface area contributed by atoms with Crippen molar-refractivity contribution in [2.24, 2.45) is 0 Å². The molecule has 6 heteroatoms. The molecule has 4 aromatic rings. The SMILES string of the molecule is CCCCCCCCc1ccc(CNc2ccc3c(c2)N(C(=O)c2cccc(CN4CCN(c5ccccc5OC(C)C)CC4)c2)CC3)cc1. The van der Waals surface area contributed by atoms with E-state index in [9.17, 15) is 4.79 Å². The molecular formula is C44H56N4O2. The van der Waals surface area contributed by atoms with Crippen LogP contribution in [0.2, 0.25) is 0 Å². The third kappa shape index (κ3) is 9.48. The summed E-state index contributed by atoms with van der Waals surface area (Å²) in [7, 11) is 0. The van der Waals surface area contributed by atoms with Crippen molar-refractivity contribution in [2.75, 3.05) is 47.8 Å². The first-order valence-electron chi connectivity index (χ1n) is 19.0. The zero-order valence-corrected chi connectivity index (χ0v) is 30.5. The van der Waals surface area contributed by atoms with Gasteiger partial charge in [-0.25, -0.2) is 0 Å². The van der Waals surface area contributed by atoms with Gasteiger partial charge in [-0.15, -0.1) is 0 Å². The highest BCUT2D eigenvalue weighted by molar-refractivity contribution is 6.07. The van der Waals surface area contributed by atoms with E-state index in [1.807, 2.05) is 23.1 Å². The lowest BCUT2D eigenvalue weighted by Gasteiger charge is -2.37. The summed E-state index contributed by atoms with van der Waals surface area (Å²) in [6.45, 7) is 12.6. The summed E-state index contributed by atoms with van der Waals surface area (Å²) in [6.07, 6.45) is 10.2. The molecule has 0 aliphatic carbocycles. The van der Waals surface area contributed by atoms with Gasteiger partial charge in [-0.2, -0.15) is 0 Å². The molecule has 1 amide bonds. The Kier molecular flexibility index (Phi) is 12.5. The first-order chi connectivity index (χ1) is 24.5. The van der Waals surface area contributed by atoms with E-state index in [4.69, 9.17) is 4.74 Å². The van der Waals surface area contributed by atoms with Crippen molar-refractivity contribution in [3.63, 3.8) is 0 Å². The van der Waals surface area contributed by atoms with E-state index in [1.54, 1.807) is 0 Å². The molecule has 264 valence electrons. The van der Waals surface area contributed by atoms with Gasteiger partial charge in [0, 0.05) is 62.8 Å². The van der Waals surface area contributed by atoms with Crippen LogP contribution in [0.15, 0.2) is 91.0 Å². The predicted octanol–water partition coefficient (Wildman–Crippen LogP) is 9.51. The number of amides is 1. The van der Waals surface area contributed by atoms with Crippen molar-refractivity contribution in [3.05, 3.63) is 119 Å². The van der Waals surface area contributed by atoms with Crippen LogP contribution in [0.5, 0.6) is 5.75 Å². The fourth-order valence-corrected chi connectivity index (χ4v) is 7.27. The Labute approximate surface area is 300 Å². The zero-order valence-electron chi connectivity index (χ0n) is 30.5. The van der Waals surface area contributed by atoms with Gasteiger partial charge in [0.1, 0.15) is 5.75 Å². The van der Waals surface area contributed by atoms with Crippen LogP contribution in [0.3, 0.4) is 0 Å². The largest absolute Gasteiger partial charge is 0.489 e. The number of nitrogens with one attached hydrogen (secondary N) is 1. The molecular weight excluding hydrogens is 617 g/mol. The number of aryl methyl sites for hydroxylation is 1. The molecule has 6 rings (SSSR count). The number of unbranched alkanes of at least 4 members (excludes halogenated alkanes) is 5. The number of carbonyl (C=O) groups excluding carboxylic acids is 1. The van der Waals surface area contributed by atoms with E-state index in [0.717, 1.165) is 68.4 Å². The molecule has 1 N–H and O–H groups in total. The van der Waals surface area contributed by atoms with Crippen LogP contribution in [0.25, 0.3) is 0 Å². The Bertz CT molecular complexity index is 1680. The highest BCUT2D eigenvalue weighted by Gasteiger charge is 2.26. The fraction of sp³-hybridized carbons (Fsp3) is 0.432. The third-order valence-electron chi connectivity index (χ3n) is 10.1. The Morgan fingerprint density at radius 3 is 2.30 bits per heavy atom. The topological polar surface area (TPSA) is 48.1 Å². The Morgan fingerprint density at radius 1 is 0.740 bits per heavy atom. The van der Waals surface area contributed by atoms with Gasteiger partial charge >= 0.3 is 0 Å². The summed E-state index contributed by atoms with van der Waals surface area (Å²) in [6, 6.07) is 32.1. The summed E-state index contributed by atoms with van der Waals surface area (Å²) >= 11 is 0. The molecule has 0 aromatic heterocycles. The van der Waals surface area contributed by atoms with Crippen molar-refractivity contribution >= 4 is 23.0 Å². The summed E-state index contributed by atoms with van der Waals surface area (Å²) in [4.78, 5) is 20.8. The van der Waals surface area contributed by atoms with Crippen LogP contribution < -0.4 is 19.9 Å². The quantitative estimate of drug-likeness (QED) is 0.120. The minimum Gasteiger partial charge on any atom is -0.489 e. The van der Waals surface area contributed by atoms with E-state index in [1.165, 1.54) is 72.9 Å². The third-order valence-corrected chi connectivity index (χ3v) is 10.1. The van der Waals surface area contributed by atoms with Crippen LogP contribution in [-0.2, 0) is 25.9 Å². The van der Waals surface area contributed by atoms with Crippen LogP contribution in [-0.4, -0.2) is 49.6 Å². The molecule has 0 unspecified atom stereocenters. The average molecular weight is 673 g/mol. The smallest absolute Gasteiger partial charge is 0.258 e. The van der Waals surface area contributed by atoms with Gasteiger partial charge in [0.25, 0.3) is 5.91 Å². The molecule has 0 atom stereocenters. The molecule has 0 radical (unpaired) electrons. The van der Waals surface area contributed by atoms with Crippen molar-refractivity contribution in [2.45, 2.75) is 91.3 Å². The minimum atomic E-state index is 0.0790. The van der Waals surface area contributed by atoms with Gasteiger partial charge in [0.05, 0.1) is 11.8 Å². The number of ether oxygens (including phenoxy) is 1. The summed E-state index contributed by atoms with van der Waals surface area (Å²) in [5.74, 6) is 1.03. The maximum atomic E-state index is 13.9. The number of hydrogen-bond acceptors (Lipinski definition) is 5. The van der Waals surface area contributed by atoms with Crippen LogP contribution in [0, 0.1) is 0 Å². The number of carbonyl (C=O) groups is 1. The predicted molar refractivity (Wildman–Crippen MR) is 209 cm³/mol. The van der Waals surface area contributed by atoms with Crippen LogP contribution >= 0.6 is 0 Å². The second-order valence-corrected chi connectivity index (χ2v) is 14.3. The first-order valence-corrected chi connectivity index (χ1v) is 19.0. The van der Waals surface area contributed by atoms with Crippen molar-refractivity contribution < 1.29 is 9.53 Å². The van der Waals surface area contributed by atoms with Gasteiger partial charge in [0.2, 0.25) is 0 Å². The summed E-state index contributed by atoms with van der Waals surface area (Å²) in [5, 5.41) is 3.61. The maximum absolute atomic E-state index is 13.9. The molecule has 4 aromatic carbocycles. The first kappa shape index (κ1) is 35.5. The molecule has 1 saturated heterocycles. The standard InChI is InChI=1S/C44H56N4O2/c1-4-5-6-7-8-9-13-35-18-20-36(21-19-35)32-45-40-23-22-38-24-25-48(42(38)31-40)44(49)39-15-12-14-37(30-39)33-46-26-28-47(29-27-46)41-16-10-11-17-43(41)50-34(2)3/h10-12,14-23,30-31,34,45H,4-9,13,24-29,32-33H2,1-3H3. The molecule has 2 heterocycles. The highest BCUT2D eigenvalue weighted by atomic mass is 16.5. The minimum absolute atomic E-state index is 0.0790. The van der Waals surface area contributed by atoms with Gasteiger partial charge in [-0.1, -0.05) is 93.6 Å². The number of nitrogens with zero attached hydrogens (tertiary/aromatic N) is 3. The maximum Gasteiger partial charge on any atom is 0.258 e. The van der Waals surface area contributed by atoms with E-state index < -0.39 is 0 Å². The van der Waals surface area contributed by atoms with Crippen LogP contribution in [0.1, 0.15) is 91.9 Å². The Morgan fingerprint density at radius 2 is 1.50 bits per heavy atom. The lowest BCUT2D eigenvalue weighted by molar-refractivity contribution is 0.0989. The van der Waals surface area contributed by atoms with Crippen molar-refractivity contribution in [3.8, 4) is 5.75 Å². The number of piperazine rings is 1. The Balaban J connectivity index is 1.01. The fourth-order valence-electron chi connectivity index (χ4n) is 7.27. The molecule has 0 spiro atoms. The van der Waals surface area contributed by atoms with Gasteiger partial charge in [0.15, 0.2) is 0 Å². The lowest BCUT2D eigenvalue weighted by atomic mass is 10.0. The van der Waals surface area contributed by atoms with E-state index in [0.29, 0.717) is 6.54 Å². The molecule has 6 nitrogen and oxygen atoms in total.